The molecule has 24 heavy (non-hydrogen) atoms. The number of hydrogen-bond donors (Lipinski definition) is 2. The first-order valence-electron chi connectivity index (χ1n) is 7.53. The summed E-state index contributed by atoms with van der Waals surface area (Å²) in [4.78, 5) is 6.04. The van der Waals surface area contributed by atoms with E-state index in [9.17, 15) is 13.2 Å². The highest BCUT2D eigenvalue weighted by Gasteiger charge is 2.26. The summed E-state index contributed by atoms with van der Waals surface area (Å²) in [5, 5.41) is 5.77. The van der Waals surface area contributed by atoms with Crippen LogP contribution in [0, 0.1) is 0 Å². The Morgan fingerprint density at radius 2 is 1.79 bits per heavy atom. The lowest BCUT2D eigenvalue weighted by Gasteiger charge is -2.25. The molecule has 0 saturated carbocycles. The van der Waals surface area contributed by atoms with E-state index in [0.29, 0.717) is 12.5 Å². The van der Waals surface area contributed by atoms with E-state index < -0.39 is 12.6 Å². The van der Waals surface area contributed by atoms with Crippen LogP contribution >= 0.6 is 24.0 Å². The van der Waals surface area contributed by atoms with Gasteiger partial charge in [-0.05, 0) is 26.1 Å². The monoisotopic (exact) mass is 458 g/mol. The van der Waals surface area contributed by atoms with Crippen LogP contribution in [-0.4, -0.2) is 57.3 Å². The molecule has 0 spiro atoms. The summed E-state index contributed by atoms with van der Waals surface area (Å²) in [5.41, 5.74) is 1.22. The predicted octanol–water partition coefficient (Wildman–Crippen LogP) is 2.89. The topological polar surface area (TPSA) is 39.7 Å². The van der Waals surface area contributed by atoms with Crippen LogP contribution in [0.25, 0.3) is 0 Å². The average molecular weight is 458 g/mol. The fraction of sp³-hybridized carbons (Fsp3) is 0.562. The van der Waals surface area contributed by atoms with Crippen molar-refractivity contribution in [2.45, 2.75) is 25.1 Å². The van der Waals surface area contributed by atoms with Crippen molar-refractivity contribution in [3.8, 4) is 0 Å². The molecule has 1 aromatic rings. The quantitative estimate of drug-likeness (QED) is 0.375. The Morgan fingerprint density at radius 3 is 2.29 bits per heavy atom. The van der Waals surface area contributed by atoms with Gasteiger partial charge in [-0.2, -0.15) is 13.2 Å². The highest BCUT2D eigenvalue weighted by molar-refractivity contribution is 14.0. The second-order valence-corrected chi connectivity index (χ2v) is 5.55. The number of guanidine groups is 1. The minimum Gasteiger partial charge on any atom is -0.356 e. The third-order valence-corrected chi connectivity index (χ3v) is 3.47. The van der Waals surface area contributed by atoms with Crippen LogP contribution in [0.2, 0.25) is 0 Å². The Bertz CT molecular complexity index is 478. The molecular weight excluding hydrogens is 432 g/mol. The fourth-order valence-corrected chi connectivity index (χ4v) is 2.08. The van der Waals surface area contributed by atoms with Gasteiger partial charge in [0.2, 0.25) is 0 Å². The van der Waals surface area contributed by atoms with Gasteiger partial charge >= 0.3 is 6.18 Å². The van der Waals surface area contributed by atoms with Crippen molar-refractivity contribution in [3.63, 3.8) is 0 Å². The van der Waals surface area contributed by atoms with Gasteiger partial charge in [-0.25, -0.2) is 0 Å². The smallest absolute Gasteiger partial charge is 0.356 e. The Balaban J connectivity index is 0.00000529. The van der Waals surface area contributed by atoms with E-state index in [0.717, 1.165) is 6.42 Å². The molecule has 8 heteroatoms. The lowest BCUT2D eigenvalue weighted by atomic mass is 10.1. The summed E-state index contributed by atoms with van der Waals surface area (Å²) in [6.45, 7) is 0.405. The normalized spacial score (nSPS) is 13.4. The van der Waals surface area contributed by atoms with E-state index in [1.807, 2.05) is 32.3 Å². The molecule has 0 radical (unpaired) electrons. The van der Waals surface area contributed by atoms with E-state index in [4.69, 9.17) is 0 Å². The molecule has 1 rings (SSSR count). The van der Waals surface area contributed by atoms with Gasteiger partial charge < -0.3 is 15.5 Å². The van der Waals surface area contributed by atoms with Crippen molar-refractivity contribution < 1.29 is 13.2 Å². The van der Waals surface area contributed by atoms with Crippen LogP contribution in [0.3, 0.4) is 0 Å². The molecule has 0 aliphatic rings. The maximum Gasteiger partial charge on any atom is 0.390 e. The zero-order chi connectivity index (χ0) is 17.3. The van der Waals surface area contributed by atoms with Crippen molar-refractivity contribution in [3.05, 3.63) is 35.9 Å². The molecule has 0 aromatic heterocycles. The summed E-state index contributed by atoms with van der Waals surface area (Å²) in [7, 11) is 5.51. The zero-order valence-electron chi connectivity index (χ0n) is 14.2. The Kier molecular flexibility index (Phi) is 11.0. The molecule has 0 aliphatic heterocycles. The predicted molar refractivity (Wildman–Crippen MR) is 103 cm³/mol. The maximum absolute atomic E-state index is 12.2. The van der Waals surface area contributed by atoms with E-state index >= 15 is 0 Å². The highest BCUT2D eigenvalue weighted by atomic mass is 127. The number of nitrogens with zero attached hydrogens (tertiary/aromatic N) is 2. The fourth-order valence-electron chi connectivity index (χ4n) is 2.08. The number of alkyl halides is 3. The summed E-state index contributed by atoms with van der Waals surface area (Å²) in [6.07, 6.45) is -4.19. The van der Waals surface area contributed by atoms with Crippen LogP contribution in [0.1, 0.15) is 12.0 Å². The van der Waals surface area contributed by atoms with E-state index in [1.165, 1.54) is 5.56 Å². The summed E-state index contributed by atoms with van der Waals surface area (Å²) in [5.74, 6) is 0.383. The van der Waals surface area contributed by atoms with Crippen LogP contribution in [0.4, 0.5) is 13.2 Å². The molecule has 0 saturated heterocycles. The minimum absolute atomic E-state index is 0. The molecule has 4 nitrogen and oxygen atoms in total. The van der Waals surface area contributed by atoms with Crippen molar-refractivity contribution in [2.24, 2.45) is 4.99 Å². The van der Waals surface area contributed by atoms with Gasteiger partial charge in [-0.3, -0.25) is 4.99 Å². The number of nitrogens with one attached hydrogen (secondary N) is 2. The van der Waals surface area contributed by atoms with Crippen LogP contribution in [0.15, 0.2) is 35.3 Å². The van der Waals surface area contributed by atoms with Crippen molar-refractivity contribution in [1.29, 1.82) is 0 Å². The maximum atomic E-state index is 12.2. The molecule has 0 bridgehead atoms. The highest BCUT2D eigenvalue weighted by Crippen LogP contribution is 2.18. The molecule has 0 aliphatic carbocycles. The molecule has 0 fully saturated rings. The Morgan fingerprint density at radius 1 is 1.17 bits per heavy atom. The second-order valence-electron chi connectivity index (χ2n) is 5.55. The molecular formula is C16H26F3IN4. The largest absolute Gasteiger partial charge is 0.390 e. The van der Waals surface area contributed by atoms with Gasteiger partial charge in [0, 0.05) is 26.2 Å². The Labute approximate surface area is 158 Å². The second kappa shape index (κ2) is 11.5. The molecule has 1 aromatic carbocycles. The third kappa shape index (κ3) is 9.96. The summed E-state index contributed by atoms with van der Waals surface area (Å²) >= 11 is 0. The number of hydrogen-bond acceptors (Lipinski definition) is 2. The number of aliphatic imine (C=N–C) groups is 1. The summed E-state index contributed by atoms with van der Waals surface area (Å²) < 4.78 is 36.5. The number of benzene rings is 1. The Hall–Kier alpha value is -1.03. The van der Waals surface area contributed by atoms with Gasteiger partial charge in [0.1, 0.15) is 0 Å². The average Bonchev–Trinajstić information content (AvgIpc) is 2.48. The van der Waals surface area contributed by atoms with Crippen LogP contribution in [-0.2, 0) is 6.42 Å². The SMILES string of the molecule is CN=C(NCCC(F)(F)F)NCC(Cc1ccccc1)N(C)C.I. The van der Waals surface area contributed by atoms with Crippen LogP contribution in [0.5, 0.6) is 0 Å². The first kappa shape index (κ1) is 23.0. The molecule has 0 amide bonds. The number of rotatable bonds is 7. The first-order chi connectivity index (χ1) is 10.8. The van der Waals surface area contributed by atoms with Crippen molar-refractivity contribution in [2.75, 3.05) is 34.2 Å². The van der Waals surface area contributed by atoms with E-state index in [2.05, 4.69) is 32.7 Å². The molecule has 2 N–H and O–H groups in total. The third-order valence-electron chi connectivity index (χ3n) is 3.47. The van der Waals surface area contributed by atoms with Gasteiger partial charge in [0.25, 0.3) is 0 Å². The molecule has 0 heterocycles. The molecule has 1 atom stereocenters. The van der Waals surface area contributed by atoms with Crippen molar-refractivity contribution in [1.82, 2.24) is 15.5 Å². The van der Waals surface area contributed by atoms with Crippen molar-refractivity contribution >= 4 is 29.9 Å². The lowest BCUT2D eigenvalue weighted by Crippen LogP contribution is -2.46. The minimum atomic E-state index is -4.16. The summed E-state index contributed by atoms with van der Waals surface area (Å²) in [6, 6.07) is 10.3. The number of halogens is 4. The van der Waals surface area contributed by atoms with Gasteiger partial charge in [0.05, 0.1) is 6.42 Å². The van der Waals surface area contributed by atoms with Crippen LogP contribution < -0.4 is 10.6 Å². The molecule has 138 valence electrons. The number of likely N-dealkylation sites (N-methyl/N-ethyl adjacent to an activating group) is 1. The standard InChI is InChI=1S/C16H25F3N4.HI/c1-20-15(21-10-9-16(17,18)19)22-12-14(23(2)3)11-13-7-5-4-6-8-13;/h4-8,14H,9-12H2,1-3H3,(H2,20,21,22);1H. The zero-order valence-corrected chi connectivity index (χ0v) is 16.6. The van der Waals surface area contributed by atoms with E-state index in [-0.39, 0.29) is 36.6 Å². The van der Waals surface area contributed by atoms with E-state index in [1.54, 1.807) is 7.05 Å². The first-order valence-corrected chi connectivity index (χ1v) is 7.53. The van der Waals surface area contributed by atoms with Gasteiger partial charge in [-0.1, -0.05) is 30.3 Å². The lowest BCUT2D eigenvalue weighted by molar-refractivity contribution is -0.132. The molecule has 1 unspecified atom stereocenters. The van der Waals surface area contributed by atoms with Gasteiger partial charge in [-0.15, -0.1) is 24.0 Å². The van der Waals surface area contributed by atoms with Gasteiger partial charge in [0.15, 0.2) is 5.96 Å².